The maximum absolute atomic E-state index is 12.4. The Kier molecular flexibility index (Phi) is 5.37. The number of nitrogens with zero attached hydrogens (tertiary/aromatic N) is 2. The number of fused-ring (bicyclic) bond motifs is 1. The summed E-state index contributed by atoms with van der Waals surface area (Å²) >= 11 is 0. The summed E-state index contributed by atoms with van der Waals surface area (Å²) in [6.07, 6.45) is 8.03. The van der Waals surface area contributed by atoms with Crippen LogP contribution in [0.25, 0.3) is 11.2 Å². The second-order valence-electron chi connectivity index (χ2n) is 7.68. The molecule has 1 aliphatic rings. The number of allylic oxidation sites excluding steroid dienone is 1. The average Bonchev–Trinajstić information content (AvgIpc) is 3.46. The van der Waals surface area contributed by atoms with Crippen LogP contribution >= 0.6 is 0 Å². The minimum absolute atomic E-state index is 0.0801. The number of carbonyl (C=O) groups excluding carboxylic acids is 1. The Labute approximate surface area is 175 Å². The molecule has 1 unspecified atom stereocenters. The number of hydrogen-bond acceptors (Lipinski definition) is 5. The topological polar surface area (TPSA) is 103 Å². The Morgan fingerprint density at radius 1 is 1.33 bits per heavy atom. The Hall–Kier alpha value is -3.45. The molecule has 1 fully saturated rings. The number of hydrogen-bond donors (Lipinski definition) is 4. The fourth-order valence-corrected chi connectivity index (χ4v) is 3.27. The molecule has 0 radical (unpaired) electrons. The molecule has 154 valence electrons. The SMILES string of the molecule is Cc1ccc(C(=O)NC2CC2)cc1/C(C=N)=C/Nc1cnc2ccc(C(C)O)cn12. The average molecular weight is 403 g/mol. The van der Waals surface area contributed by atoms with Crippen LogP contribution in [0, 0.1) is 12.3 Å². The molecule has 3 aromatic rings. The molecule has 7 heteroatoms. The van der Waals surface area contributed by atoms with Gasteiger partial charge in [-0.05, 0) is 61.6 Å². The molecule has 1 aliphatic carbocycles. The van der Waals surface area contributed by atoms with Gasteiger partial charge in [-0.25, -0.2) is 4.98 Å². The van der Waals surface area contributed by atoms with Gasteiger partial charge in [-0.2, -0.15) is 0 Å². The summed E-state index contributed by atoms with van der Waals surface area (Å²) in [5, 5.41) is 23.9. The van der Waals surface area contributed by atoms with Crippen molar-refractivity contribution < 1.29 is 9.90 Å². The number of aromatic nitrogens is 2. The van der Waals surface area contributed by atoms with E-state index < -0.39 is 6.10 Å². The van der Waals surface area contributed by atoms with Crippen molar-refractivity contribution in [2.24, 2.45) is 0 Å². The van der Waals surface area contributed by atoms with Crippen molar-refractivity contribution in [1.82, 2.24) is 14.7 Å². The van der Waals surface area contributed by atoms with Crippen LogP contribution in [-0.2, 0) is 0 Å². The van der Waals surface area contributed by atoms with E-state index in [0.717, 1.165) is 35.2 Å². The molecule has 7 nitrogen and oxygen atoms in total. The molecule has 0 bridgehead atoms. The summed E-state index contributed by atoms with van der Waals surface area (Å²) in [5.74, 6) is 0.635. The van der Waals surface area contributed by atoms with Crippen molar-refractivity contribution in [1.29, 1.82) is 5.41 Å². The molecular weight excluding hydrogens is 378 g/mol. The van der Waals surface area contributed by atoms with E-state index in [0.29, 0.717) is 23.0 Å². The highest BCUT2D eigenvalue weighted by Crippen LogP contribution is 2.23. The van der Waals surface area contributed by atoms with Gasteiger partial charge >= 0.3 is 0 Å². The van der Waals surface area contributed by atoms with Crippen LogP contribution in [0.3, 0.4) is 0 Å². The number of nitrogens with one attached hydrogen (secondary N) is 3. The normalized spacial score (nSPS) is 15.1. The molecule has 1 saturated carbocycles. The van der Waals surface area contributed by atoms with Gasteiger partial charge in [0, 0.05) is 35.8 Å². The van der Waals surface area contributed by atoms with E-state index in [1.165, 1.54) is 6.21 Å². The molecular formula is C23H25N5O2. The third-order valence-corrected chi connectivity index (χ3v) is 5.27. The fourth-order valence-electron chi connectivity index (χ4n) is 3.27. The van der Waals surface area contributed by atoms with Crippen molar-refractivity contribution in [2.75, 3.05) is 5.32 Å². The Morgan fingerprint density at radius 2 is 2.13 bits per heavy atom. The summed E-state index contributed by atoms with van der Waals surface area (Å²) in [4.78, 5) is 16.8. The Bertz CT molecular complexity index is 1140. The number of rotatable bonds is 7. The van der Waals surface area contributed by atoms with Crippen molar-refractivity contribution in [3.8, 4) is 0 Å². The number of amides is 1. The van der Waals surface area contributed by atoms with Crippen molar-refractivity contribution >= 4 is 29.2 Å². The summed E-state index contributed by atoms with van der Waals surface area (Å²) in [7, 11) is 0. The van der Waals surface area contributed by atoms with Crippen LogP contribution in [0.15, 0.2) is 48.9 Å². The number of carbonyl (C=O) groups is 1. The zero-order chi connectivity index (χ0) is 21.3. The molecule has 4 N–H and O–H groups in total. The second kappa shape index (κ2) is 8.12. The first-order valence-electron chi connectivity index (χ1n) is 10.0. The summed E-state index contributed by atoms with van der Waals surface area (Å²) in [5.41, 5.74) is 4.57. The lowest BCUT2D eigenvalue weighted by Gasteiger charge is -2.11. The molecule has 1 aromatic carbocycles. The molecule has 4 rings (SSSR count). The van der Waals surface area contributed by atoms with Crippen molar-refractivity contribution in [2.45, 2.75) is 38.8 Å². The molecule has 0 saturated heterocycles. The quantitative estimate of drug-likeness (QED) is 0.452. The summed E-state index contributed by atoms with van der Waals surface area (Å²) < 4.78 is 1.85. The van der Waals surface area contributed by atoms with E-state index in [9.17, 15) is 9.90 Å². The minimum atomic E-state index is -0.579. The largest absolute Gasteiger partial charge is 0.389 e. The third kappa shape index (κ3) is 4.11. The second-order valence-corrected chi connectivity index (χ2v) is 7.68. The van der Waals surface area contributed by atoms with E-state index in [4.69, 9.17) is 5.41 Å². The van der Waals surface area contributed by atoms with Crippen molar-refractivity contribution in [3.63, 3.8) is 0 Å². The number of aryl methyl sites for hydroxylation is 1. The number of imidazole rings is 1. The predicted molar refractivity (Wildman–Crippen MR) is 118 cm³/mol. The van der Waals surface area contributed by atoms with Gasteiger partial charge in [0.2, 0.25) is 0 Å². The first kappa shape index (κ1) is 19.8. The predicted octanol–water partition coefficient (Wildman–Crippen LogP) is 3.69. The molecule has 1 atom stereocenters. The first-order chi connectivity index (χ1) is 14.5. The summed E-state index contributed by atoms with van der Waals surface area (Å²) in [6, 6.07) is 9.53. The van der Waals surface area contributed by atoms with Gasteiger partial charge in [-0.15, -0.1) is 0 Å². The maximum atomic E-state index is 12.4. The molecule has 2 aromatic heterocycles. The third-order valence-electron chi connectivity index (χ3n) is 5.27. The lowest BCUT2D eigenvalue weighted by molar-refractivity contribution is 0.0951. The number of anilines is 1. The molecule has 30 heavy (non-hydrogen) atoms. The van der Waals surface area contributed by atoms with Gasteiger partial charge in [0.15, 0.2) is 0 Å². The fraction of sp³-hybridized carbons (Fsp3) is 0.261. The molecule has 0 aliphatic heterocycles. The molecule has 1 amide bonds. The lowest BCUT2D eigenvalue weighted by atomic mass is 9.99. The first-order valence-corrected chi connectivity index (χ1v) is 10.0. The van der Waals surface area contributed by atoms with E-state index in [1.54, 1.807) is 19.3 Å². The Morgan fingerprint density at radius 3 is 2.83 bits per heavy atom. The van der Waals surface area contributed by atoms with Crippen LogP contribution in [0.2, 0.25) is 0 Å². The minimum Gasteiger partial charge on any atom is -0.389 e. The monoisotopic (exact) mass is 403 g/mol. The van der Waals surface area contributed by atoms with Crippen LogP contribution in [0.4, 0.5) is 5.82 Å². The number of aliphatic hydroxyl groups excluding tert-OH is 1. The highest BCUT2D eigenvalue weighted by molar-refractivity contribution is 6.10. The maximum Gasteiger partial charge on any atom is 0.251 e. The van der Waals surface area contributed by atoms with Gasteiger partial charge in [-0.3, -0.25) is 9.20 Å². The number of benzene rings is 1. The van der Waals surface area contributed by atoms with Crippen molar-refractivity contribution in [3.05, 3.63) is 71.2 Å². The highest BCUT2D eigenvalue weighted by Gasteiger charge is 2.24. The van der Waals surface area contributed by atoms with Gasteiger partial charge in [0.1, 0.15) is 11.5 Å². The lowest BCUT2D eigenvalue weighted by Crippen LogP contribution is -2.25. The zero-order valence-electron chi connectivity index (χ0n) is 17.0. The van der Waals surface area contributed by atoms with E-state index >= 15 is 0 Å². The van der Waals surface area contributed by atoms with Crippen LogP contribution in [-0.4, -0.2) is 32.7 Å². The van der Waals surface area contributed by atoms with Crippen LogP contribution in [0.1, 0.15) is 52.9 Å². The number of aliphatic hydroxyl groups is 1. The standard InChI is InChI=1S/C23H25N5O2/c1-14-3-4-16(23(30)27-19-6-7-19)9-20(14)18(10-24)11-25-22-12-26-21-8-5-17(15(2)29)13-28(21)22/h3-5,8-13,15,19,24-25,29H,6-7H2,1-2H3,(H,27,30)/b18-11+,24-10?. The van der Waals surface area contributed by atoms with Gasteiger partial charge < -0.3 is 21.1 Å². The highest BCUT2D eigenvalue weighted by atomic mass is 16.3. The molecule has 2 heterocycles. The van der Waals surface area contributed by atoms with Crippen LogP contribution in [0.5, 0.6) is 0 Å². The van der Waals surface area contributed by atoms with Gasteiger partial charge in [0.05, 0.1) is 12.3 Å². The van der Waals surface area contributed by atoms with E-state index in [2.05, 4.69) is 15.6 Å². The van der Waals surface area contributed by atoms with E-state index in [1.807, 2.05) is 47.9 Å². The van der Waals surface area contributed by atoms with E-state index in [-0.39, 0.29) is 5.91 Å². The van der Waals surface area contributed by atoms with Crippen LogP contribution < -0.4 is 10.6 Å². The van der Waals surface area contributed by atoms with Gasteiger partial charge in [0.25, 0.3) is 5.91 Å². The smallest absolute Gasteiger partial charge is 0.251 e. The summed E-state index contributed by atoms with van der Waals surface area (Å²) in [6.45, 7) is 3.67. The Balaban J connectivity index is 1.62. The zero-order valence-corrected chi connectivity index (χ0v) is 17.0. The van der Waals surface area contributed by atoms with Gasteiger partial charge in [-0.1, -0.05) is 12.1 Å². The molecule has 0 spiro atoms. The number of pyridine rings is 1.